The molecule has 1 heterocycles. The third-order valence-corrected chi connectivity index (χ3v) is 4.47. The number of furan rings is 1. The molecule has 25 heavy (non-hydrogen) atoms. The number of anilines is 1. The summed E-state index contributed by atoms with van der Waals surface area (Å²) >= 11 is 0. The summed E-state index contributed by atoms with van der Waals surface area (Å²) in [6.07, 6.45) is 3.50. The fourth-order valence-corrected chi connectivity index (χ4v) is 2.19. The second-order valence-corrected chi connectivity index (χ2v) is 7.36. The Kier molecular flexibility index (Phi) is 5.70. The van der Waals surface area contributed by atoms with Crippen LogP contribution in [0.2, 0.25) is 0 Å². The third kappa shape index (κ3) is 5.50. The van der Waals surface area contributed by atoms with Gasteiger partial charge in [-0.15, -0.1) is 0 Å². The first-order chi connectivity index (χ1) is 11.6. The van der Waals surface area contributed by atoms with Crippen molar-refractivity contribution in [1.82, 2.24) is 4.31 Å². The van der Waals surface area contributed by atoms with Gasteiger partial charge in [0, 0.05) is 19.2 Å². The SMILES string of the molecule is CN(Cc1ccc(/C=C/C(=O)Nc2cc(F)ccc2F)o1)S(C)(=O)=O. The van der Waals surface area contributed by atoms with Crippen molar-refractivity contribution >= 4 is 27.7 Å². The van der Waals surface area contributed by atoms with Gasteiger partial charge in [0.25, 0.3) is 0 Å². The molecule has 0 spiro atoms. The van der Waals surface area contributed by atoms with Crippen LogP contribution in [0.3, 0.4) is 0 Å². The van der Waals surface area contributed by atoms with E-state index in [0.717, 1.165) is 34.8 Å². The number of nitrogens with one attached hydrogen (secondary N) is 1. The van der Waals surface area contributed by atoms with E-state index in [1.165, 1.54) is 13.1 Å². The lowest BCUT2D eigenvalue weighted by atomic mass is 10.3. The molecule has 2 aromatic rings. The van der Waals surface area contributed by atoms with Crippen LogP contribution in [-0.2, 0) is 21.4 Å². The molecule has 9 heteroatoms. The maximum absolute atomic E-state index is 13.4. The summed E-state index contributed by atoms with van der Waals surface area (Å²) in [5.74, 6) is -1.40. The Labute approximate surface area is 143 Å². The topological polar surface area (TPSA) is 79.6 Å². The molecule has 0 aliphatic heterocycles. The quantitative estimate of drug-likeness (QED) is 0.793. The van der Waals surface area contributed by atoms with Gasteiger partial charge in [-0.2, -0.15) is 4.31 Å². The van der Waals surface area contributed by atoms with Crippen molar-refractivity contribution < 1.29 is 26.4 Å². The van der Waals surface area contributed by atoms with E-state index >= 15 is 0 Å². The highest BCUT2D eigenvalue weighted by Gasteiger charge is 2.13. The van der Waals surface area contributed by atoms with Crippen molar-refractivity contribution in [2.24, 2.45) is 0 Å². The van der Waals surface area contributed by atoms with Gasteiger partial charge in [-0.1, -0.05) is 0 Å². The minimum absolute atomic E-state index is 0.0490. The van der Waals surface area contributed by atoms with Crippen molar-refractivity contribution in [3.05, 3.63) is 59.6 Å². The number of benzene rings is 1. The second-order valence-electron chi connectivity index (χ2n) is 5.27. The van der Waals surface area contributed by atoms with Crippen LogP contribution >= 0.6 is 0 Å². The molecule has 2 rings (SSSR count). The molecule has 1 aromatic heterocycles. The molecule has 0 radical (unpaired) electrons. The maximum Gasteiger partial charge on any atom is 0.248 e. The summed E-state index contributed by atoms with van der Waals surface area (Å²) in [7, 11) is -1.92. The number of nitrogens with zero attached hydrogens (tertiary/aromatic N) is 1. The Bertz CT molecular complexity index is 907. The molecule has 1 amide bonds. The molecular weight excluding hydrogens is 354 g/mol. The maximum atomic E-state index is 13.4. The van der Waals surface area contributed by atoms with Crippen molar-refractivity contribution in [3.63, 3.8) is 0 Å². The first-order valence-electron chi connectivity index (χ1n) is 7.09. The predicted molar refractivity (Wildman–Crippen MR) is 89.0 cm³/mol. The smallest absolute Gasteiger partial charge is 0.248 e. The summed E-state index contributed by atoms with van der Waals surface area (Å²) in [6.45, 7) is 0.0490. The fraction of sp³-hybridized carbons (Fsp3) is 0.188. The van der Waals surface area contributed by atoms with Gasteiger partial charge in [-0.25, -0.2) is 17.2 Å². The van der Waals surface area contributed by atoms with Crippen LogP contribution in [0.1, 0.15) is 11.5 Å². The van der Waals surface area contributed by atoms with Gasteiger partial charge in [0.15, 0.2) is 0 Å². The molecule has 0 atom stereocenters. The molecule has 0 saturated carbocycles. The third-order valence-electron chi connectivity index (χ3n) is 3.21. The monoisotopic (exact) mass is 370 g/mol. The number of rotatable bonds is 6. The predicted octanol–water partition coefficient (Wildman–Crippen LogP) is 2.60. The lowest BCUT2D eigenvalue weighted by molar-refractivity contribution is -0.111. The van der Waals surface area contributed by atoms with Crippen molar-refractivity contribution in [3.8, 4) is 0 Å². The first kappa shape index (κ1) is 18.8. The standard InChI is InChI=1S/C16H16F2N2O4S/c1-20(25(2,22)23)10-13-5-4-12(24-13)6-8-16(21)19-15-9-11(17)3-7-14(15)18/h3-9H,10H2,1-2H3,(H,19,21)/b8-6+. The highest BCUT2D eigenvalue weighted by atomic mass is 32.2. The number of hydrogen-bond acceptors (Lipinski definition) is 4. The van der Waals surface area contributed by atoms with E-state index in [0.29, 0.717) is 11.5 Å². The van der Waals surface area contributed by atoms with E-state index in [4.69, 9.17) is 4.42 Å². The number of halogens is 2. The van der Waals surface area contributed by atoms with Crippen LogP contribution < -0.4 is 5.32 Å². The van der Waals surface area contributed by atoms with Gasteiger partial charge in [-0.3, -0.25) is 4.79 Å². The molecule has 0 unspecified atom stereocenters. The summed E-state index contributed by atoms with van der Waals surface area (Å²) in [5.41, 5.74) is -0.274. The van der Waals surface area contributed by atoms with E-state index in [2.05, 4.69) is 5.32 Å². The molecule has 0 saturated heterocycles. The molecular formula is C16H16F2N2O4S. The zero-order chi connectivity index (χ0) is 18.6. The zero-order valence-corrected chi connectivity index (χ0v) is 14.3. The number of carbonyl (C=O) groups is 1. The number of hydrogen-bond donors (Lipinski definition) is 1. The summed E-state index contributed by atoms with van der Waals surface area (Å²) < 4.78 is 55.7. The minimum atomic E-state index is -3.33. The number of sulfonamides is 1. The van der Waals surface area contributed by atoms with E-state index < -0.39 is 27.6 Å². The molecule has 6 nitrogen and oxygen atoms in total. The zero-order valence-electron chi connectivity index (χ0n) is 13.5. The van der Waals surface area contributed by atoms with Gasteiger partial charge in [0.1, 0.15) is 23.2 Å². The normalized spacial score (nSPS) is 12.0. The van der Waals surface area contributed by atoms with Gasteiger partial charge in [-0.05, 0) is 30.3 Å². The molecule has 134 valence electrons. The Morgan fingerprint density at radius 3 is 2.68 bits per heavy atom. The van der Waals surface area contributed by atoms with Gasteiger partial charge in [0.2, 0.25) is 15.9 Å². The fourth-order valence-electron chi connectivity index (χ4n) is 1.83. The largest absolute Gasteiger partial charge is 0.460 e. The second kappa shape index (κ2) is 7.58. The van der Waals surface area contributed by atoms with Gasteiger partial charge >= 0.3 is 0 Å². The van der Waals surface area contributed by atoms with Crippen LogP contribution in [0.5, 0.6) is 0 Å². The van der Waals surface area contributed by atoms with Gasteiger partial charge in [0.05, 0.1) is 18.5 Å². The molecule has 1 N–H and O–H groups in total. The summed E-state index contributed by atoms with van der Waals surface area (Å²) in [4.78, 5) is 11.7. The van der Waals surface area contributed by atoms with Crippen molar-refractivity contribution in [2.45, 2.75) is 6.54 Å². The van der Waals surface area contributed by atoms with E-state index in [1.807, 2.05) is 0 Å². The van der Waals surface area contributed by atoms with Crippen molar-refractivity contribution in [2.75, 3.05) is 18.6 Å². The average Bonchev–Trinajstić information content (AvgIpc) is 2.95. The van der Waals surface area contributed by atoms with Crippen LogP contribution in [0, 0.1) is 11.6 Å². The summed E-state index contributed by atoms with van der Waals surface area (Å²) in [5, 5.41) is 2.21. The van der Waals surface area contributed by atoms with Crippen LogP contribution in [-0.4, -0.2) is 31.9 Å². The van der Waals surface area contributed by atoms with E-state index in [-0.39, 0.29) is 12.2 Å². The Balaban J connectivity index is 2.00. The van der Waals surface area contributed by atoms with E-state index in [1.54, 1.807) is 12.1 Å². The molecule has 0 aliphatic carbocycles. The Morgan fingerprint density at radius 1 is 1.28 bits per heavy atom. The van der Waals surface area contributed by atoms with Crippen LogP contribution in [0.25, 0.3) is 6.08 Å². The summed E-state index contributed by atoms with van der Waals surface area (Å²) in [6, 6.07) is 5.85. The van der Waals surface area contributed by atoms with Crippen LogP contribution in [0.15, 0.2) is 40.8 Å². The molecule has 0 bridgehead atoms. The first-order valence-corrected chi connectivity index (χ1v) is 8.94. The van der Waals surface area contributed by atoms with E-state index in [9.17, 15) is 22.0 Å². The Hall–Kier alpha value is -2.52. The highest BCUT2D eigenvalue weighted by Crippen LogP contribution is 2.16. The lowest BCUT2D eigenvalue weighted by Crippen LogP contribution is -2.24. The average molecular weight is 370 g/mol. The molecule has 0 aliphatic rings. The number of carbonyl (C=O) groups excluding carboxylic acids is 1. The van der Waals surface area contributed by atoms with Gasteiger partial charge < -0.3 is 9.73 Å². The lowest BCUT2D eigenvalue weighted by Gasteiger charge is -2.11. The van der Waals surface area contributed by atoms with Crippen LogP contribution in [0.4, 0.5) is 14.5 Å². The number of amides is 1. The minimum Gasteiger partial charge on any atom is -0.460 e. The van der Waals surface area contributed by atoms with Crippen molar-refractivity contribution in [1.29, 1.82) is 0 Å². The highest BCUT2D eigenvalue weighted by molar-refractivity contribution is 7.88. The Morgan fingerprint density at radius 2 is 2.00 bits per heavy atom. The molecule has 0 fully saturated rings. The molecule has 1 aromatic carbocycles.